The summed E-state index contributed by atoms with van der Waals surface area (Å²) in [5, 5.41) is 10.2. The van der Waals surface area contributed by atoms with Gasteiger partial charge in [-0.05, 0) is 12.1 Å². The van der Waals surface area contributed by atoms with E-state index in [0.29, 0.717) is 20.8 Å². The van der Waals surface area contributed by atoms with Crippen LogP contribution in [-0.2, 0) is 0 Å². The van der Waals surface area contributed by atoms with Crippen molar-refractivity contribution in [2.45, 2.75) is 6.10 Å². The minimum Gasteiger partial charge on any atom is -0.496 e. The fourth-order valence-electron chi connectivity index (χ4n) is 1.17. The van der Waals surface area contributed by atoms with E-state index in [2.05, 4.69) is 15.9 Å². The van der Waals surface area contributed by atoms with Gasteiger partial charge in [0, 0.05) is 21.6 Å². The Morgan fingerprint density at radius 3 is 2.79 bits per heavy atom. The van der Waals surface area contributed by atoms with E-state index in [1.165, 1.54) is 7.11 Å². The molecule has 0 aliphatic carbocycles. The van der Waals surface area contributed by atoms with E-state index in [4.69, 9.17) is 22.1 Å². The van der Waals surface area contributed by atoms with Gasteiger partial charge in [-0.15, -0.1) is 0 Å². The zero-order valence-corrected chi connectivity index (χ0v) is 9.97. The van der Waals surface area contributed by atoms with Crippen molar-refractivity contribution in [2.75, 3.05) is 13.7 Å². The summed E-state index contributed by atoms with van der Waals surface area (Å²) in [6, 6.07) is 3.33. The monoisotopic (exact) mass is 279 g/mol. The third kappa shape index (κ3) is 2.39. The third-order valence-corrected chi connectivity index (χ3v) is 2.71. The number of nitrogens with two attached hydrogens (primary N) is 1. The molecule has 1 atom stereocenters. The maximum Gasteiger partial charge on any atom is 0.127 e. The summed E-state index contributed by atoms with van der Waals surface area (Å²) >= 11 is 9.13. The van der Waals surface area contributed by atoms with Crippen molar-refractivity contribution in [2.24, 2.45) is 5.73 Å². The molecule has 0 aliphatic heterocycles. The molecule has 1 unspecified atom stereocenters. The normalized spacial score (nSPS) is 12.6. The lowest BCUT2D eigenvalue weighted by Gasteiger charge is -2.15. The number of methoxy groups -OCH3 is 1. The number of hydrogen-bond donors (Lipinski definition) is 2. The van der Waals surface area contributed by atoms with Crippen molar-refractivity contribution < 1.29 is 9.84 Å². The predicted molar refractivity (Wildman–Crippen MR) is 59.7 cm³/mol. The molecule has 1 aromatic carbocycles. The van der Waals surface area contributed by atoms with Crippen molar-refractivity contribution in [3.05, 3.63) is 27.2 Å². The maximum absolute atomic E-state index is 9.63. The number of ether oxygens (including phenoxy) is 1. The van der Waals surface area contributed by atoms with E-state index < -0.39 is 6.10 Å². The largest absolute Gasteiger partial charge is 0.496 e. The highest BCUT2D eigenvalue weighted by atomic mass is 79.9. The standard InChI is InChI=1S/C9H11BrClNO2/c1-14-8-3-5(11)2-6(10)9(8)7(13)4-12/h2-3,7,13H,4,12H2,1H3. The van der Waals surface area contributed by atoms with E-state index >= 15 is 0 Å². The quantitative estimate of drug-likeness (QED) is 0.891. The molecular weight excluding hydrogens is 269 g/mol. The average Bonchev–Trinajstić information content (AvgIpc) is 2.15. The van der Waals surface area contributed by atoms with Crippen molar-refractivity contribution in [3.63, 3.8) is 0 Å². The lowest BCUT2D eigenvalue weighted by molar-refractivity contribution is 0.181. The number of aliphatic hydroxyl groups is 1. The van der Waals surface area contributed by atoms with Gasteiger partial charge in [-0.3, -0.25) is 0 Å². The molecule has 0 heterocycles. The number of hydrogen-bond acceptors (Lipinski definition) is 3. The van der Waals surface area contributed by atoms with E-state index in [-0.39, 0.29) is 6.54 Å². The Morgan fingerprint density at radius 2 is 2.29 bits per heavy atom. The van der Waals surface area contributed by atoms with E-state index in [0.717, 1.165) is 0 Å². The second kappa shape index (κ2) is 4.98. The minimum atomic E-state index is -0.753. The van der Waals surface area contributed by atoms with Crippen LogP contribution in [0.25, 0.3) is 0 Å². The molecule has 0 amide bonds. The van der Waals surface area contributed by atoms with Crippen LogP contribution in [0.5, 0.6) is 5.75 Å². The maximum atomic E-state index is 9.63. The molecule has 5 heteroatoms. The van der Waals surface area contributed by atoms with Gasteiger partial charge >= 0.3 is 0 Å². The summed E-state index contributed by atoms with van der Waals surface area (Å²) < 4.78 is 5.79. The Balaban J connectivity index is 3.24. The number of aliphatic hydroxyl groups excluding tert-OH is 1. The van der Waals surface area contributed by atoms with Crippen LogP contribution in [-0.4, -0.2) is 18.8 Å². The first kappa shape index (κ1) is 11.8. The SMILES string of the molecule is COc1cc(Cl)cc(Br)c1C(O)CN. The molecule has 0 bridgehead atoms. The van der Waals surface area contributed by atoms with Crippen molar-refractivity contribution in [1.29, 1.82) is 0 Å². The molecule has 0 saturated heterocycles. The lowest BCUT2D eigenvalue weighted by atomic mass is 10.1. The van der Waals surface area contributed by atoms with Crippen molar-refractivity contribution in [1.82, 2.24) is 0 Å². The molecule has 0 fully saturated rings. The molecule has 3 nitrogen and oxygen atoms in total. The molecule has 0 radical (unpaired) electrons. The van der Waals surface area contributed by atoms with Gasteiger partial charge in [0.2, 0.25) is 0 Å². The van der Waals surface area contributed by atoms with Gasteiger partial charge in [0.25, 0.3) is 0 Å². The highest BCUT2D eigenvalue weighted by Gasteiger charge is 2.16. The Labute approximate surface area is 95.9 Å². The molecule has 0 spiro atoms. The minimum absolute atomic E-state index is 0.136. The third-order valence-electron chi connectivity index (χ3n) is 1.83. The zero-order valence-electron chi connectivity index (χ0n) is 7.63. The Kier molecular flexibility index (Phi) is 4.19. The van der Waals surface area contributed by atoms with Gasteiger partial charge < -0.3 is 15.6 Å². The molecule has 1 rings (SSSR count). The highest BCUT2D eigenvalue weighted by molar-refractivity contribution is 9.10. The first-order valence-electron chi connectivity index (χ1n) is 4.01. The summed E-state index contributed by atoms with van der Waals surface area (Å²) in [4.78, 5) is 0. The topological polar surface area (TPSA) is 55.5 Å². The second-order valence-electron chi connectivity index (χ2n) is 2.76. The molecule has 1 aromatic rings. The van der Waals surface area contributed by atoms with Crippen LogP contribution >= 0.6 is 27.5 Å². The molecule has 0 saturated carbocycles. The summed E-state index contributed by atoms with van der Waals surface area (Å²) in [5.74, 6) is 0.530. The zero-order chi connectivity index (χ0) is 10.7. The summed E-state index contributed by atoms with van der Waals surface area (Å²) in [5.41, 5.74) is 6.00. The van der Waals surface area contributed by atoms with Crippen molar-refractivity contribution in [3.8, 4) is 5.75 Å². The van der Waals surface area contributed by atoms with Crippen molar-refractivity contribution >= 4 is 27.5 Å². The lowest BCUT2D eigenvalue weighted by Crippen LogP contribution is -2.13. The van der Waals surface area contributed by atoms with Crippen LogP contribution < -0.4 is 10.5 Å². The summed E-state index contributed by atoms with van der Waals surface area (Å²) in [6.45, 7) is 0.136. The Morgan fingerprint density at radius 1 is 1.64 bits per heavy atom. The molecule has 78 valence electrons. The van der Waals surface area contributed by atoms with Gasteiger partial charge in [-0.2, -0.15) is 0 Å². The number of rotatable bonds is 3. The van der Waals surface area contributed by atoms with Crippen LogP contribution in [0.15, 0.2) is 16.6 Å². The van der Waals surface area contributed by atoms with Crippen LogP contribution in [0.1, 0.15) is 11.7 Å². The first-order chi connectivity index (χ1) is 6.60. The number of benzene rings is 1. The number of halogens is 2. The average molecular weight is 281 g/mol. The summed E-state index contributed by atoms with van der Waals surface area (Å²) in [6.07, 6.45) is -0.753. The van der Waals surface area contributed by atoms with Crippen LogP contribution in [0.2, 0.25) is 5.02 Å². The van der Waals surface area contributed by atoms with E-state index in [9.17, 15) is 5.11 Å². The molecule has 14 heavy (non-hydrogen) atoms. The van der Waals surface area contributed by atoms with Gasteiger partial charge in [-0.25, -0.2) is 0 Å². The van der Waals surface area contributed by atoms with Crippen LogP contribution in [0, 0.1) is 0 Å². The Hall–Kier alpha value is -0.290. The van der Waals surface area contributed by atoms with E-state index in [1.807, 2.05) is 0 Å². The smallest absolute Gasteiger partial charge is 0.127 e. The van der Waals surface area contributed by atoms with Gasteiger partial charge in [-0.1, -0.05) is 27.5 Å². The van der Waals surface area contributed by atoms with Gasteiger partial charge in [0.15, 0.2) is 0 Å². The predicted octanol–water partition coefficient (Wildman–Crippen LogP) is 2.10. The second-order valence-corrected chi connectivity index (χ2v) is 4.05. The molecule has 0 aromatic heterocycles. The van der Waals surface area contributed by atoms with Crippen LogP contribution in [0.3, 0.4) is 0 Å². The Bertz CT molecular complexity index is 333. The molecule has 3 N–H and O–H groups in total. The van der Waals surface area contributed by atoms with Crippen LogP contribution in [0.4, 0.5) is 0 Å². The molecule has 0 aliphatic rings. The van der Waals surface area contributed by atoms with E-state index in [1.54, 1.807) is 12.1 Å². The van der Waals surface area contributed by atoms with Gasteiger partial charge in [0.05, 0.1) is 13.2 Å². The fraction of sp³-hybridized carbons (Fsp3) is 0.333. The van der Waals surface area contributed by atoms with Gasteiger partial charge in [0.1, 0.15) is 5.75 Å². The summed E-state index contributed by atoms with van der Waals surface area (Å²) in [7, 11) is 1.52. The highest BCUT2D eigenvalue weighted by Crippen LogP contribution is 2.35. The fourth-order valence-corrected chi connectivity index (χ4v) is 2.22. The first-order valence-corrected chi connectivity index (χ1v) is 5.18. The molecular formula is C9H11BrClNO2.